The van der Waals surface area contributed by atoms with Crippen LogP contribution in [0.2, 0.25) is 0 Å². The van der Waals surface area contributed by atoms with Crippen molar-refractivity contribution in [2.45, 2.75) is 50.4 Å². The molecule has 5 N–H and O–H groups in total. The van der Waals surface area contributed by atoms with E-state index >= 15 is 0 Å². The summed E-state index contributed by atoms with van der Waals surface area (Å²) in [5.41, 5.74) is 15.7. The number of rotatable bonds is 14. The topological polar surface area (TPSA) is 113 Å². The third kappa shape index (κ3) is 8.42. The van der Waals surface area contributed by atoms with E-state index in [2.05, 4.69) is 29.2 Å². The fraction of sp³-hybridized carbons (Fsp3) is 0.294. The first-order chi connectivity index (χ1) is 20.1. The van der Waals surface area contributed by atoms with E-state index in [0.29, 0.717) is 25.2 Å². The van der Waals surface area contributed by atoms with Crippen molar-refractivity contribution in [2.24, 2.45) is 5.92 Å². The number of aliphatic hydroxyl groups is 1. The third-order valence-corrected chi connectivity index (χ3v) is 9.14. The van der Waals surface area contributed by atoms with E-state index in [1.54, 1.807) is 0 Å². The van der Waals surface area contributed by atoms with Crippen LogP contribution in [0.5, 0.6) is 0 Å². The molecule has 4 rings (SSSR count). The number of nitrogens with zero attached hydrogens (tertiary/aromatic N) is 2. The number of aliphatic hydroxyl groups excluding tert-OH is 1. The van der Waals surface area contributed by atoms with E-state index in [1.807, 2.05) is 80.6 Å². The molecule has 0 aliphatic carbocycles. The molecule has 4 aromatic carbocycles. The van der Waals surface area contributed by atoms with Crippen LogP contribution in [0, 0.1) is 5.92 Å². The zero-order valence-electron chi connectivity index (χ0n) is 24.4. The van der Waals surface area contributed by atoms with Gasteiger partial charge in [0.05, 0.1) is 22.4 Å². The van der Waals surface area contributed by atoms with Crippen molar-refractivity contribution >= 4 is 21.4 Å². The molecule has 0 aromatic heterocycles. The molecule has 0 heterocycles. The third-order valence-electron chi connectivity index (χ3n) is 7.31. The van der Waals surface area contributed by atoms with Gasteiger partial charge in [-0.3, -0.25) is 4.90 Å². The molecule has 0 fully saturated rings. The van der Waals surface area contributed by atoms with Gasteiger partial charge in [-0.1, -0.05) is 105 Å². The second-order valence-electron chi connectivity index (χ2n) is 11.2. The van der Waals surface area contributed by atoms with Gasteiger partial charge in [-0.25, -0.2) is 8.42 Å². The second kappa shape index (κ2) is 14.5. The molecule has 4 aromatic rings. The van der Waals surface area contributed by atoms with Crippen molar-refractivity contribution in [3.05, 3.63) is 126 Å². The van der Waals surface area contributed by atoms with Crippen molar-refractivity contribution in [1.82, 2.24) is 9.21 Å². The van der Waals surface area contributed by atoms with Gasteiger partial charge in [-0.05, 0) is 47.2 Å². The molecule has 0 aliphatic rings. The Morgan fingerprint density at radius 1 is 0.690 bits per heavy atom. The highest BCUT2D eigenvalue weighted by Crippen LogP contribution is 2.26. The molecule has 8 heteroatoms. The molecular weight excluding hydrogens is 544 g/mol. The number of anilines is 2. The maximum atomic E-state index is 13.9. The van der Waals surface area contributed by atoms with Gasteiger partial charge in [-0.2, -0.15) is 4.31 Å². The van der Waals surface area contributed by atoms with Gasteiger partial charge in [0.15, 0.2) is 0 Å². The van der Waals surface area contributed by atoms with Crippen LogP contribution in [0.1, 0.15) is 30.5 Å². The smallest absolute Gasteiger partial charge is 0.243 e. The molecule has 0 saturated carbocycles. The van der Waals surface area contributed by atoms with Crippen LogP contribution in [0.3, 0.4) is 0 Å². The van der Waals surface area contributed by atoms with Gasteiger partial charge in [0, 0.05) is 32.2 Å². The molecule has 2 atom stereocenters. The molecule has 0 radical (unpaired) electrons. The highest BCUT2D eigenvalue weighted by molar-refractivity contribution is 7.89. The van der Waals surface area contributed by atoms with Gasteiger partial charge >= 0.3 is 0 Å². The van der Waals surface area contributed by atoms with E-state index in [-0.39, 0.29) is 35.6 Å². The van der Waals surface area contributed by atoms with Crippen LogP contribution in [0.25, 0.3) is 0 Å². The average Bonchev–Trinajstić information content (AvgIpc) is 2.98. The molecule has 0 unspecified atom stereocenters. The van der Waals surface area contributed by atoms with Crippen LogP contribution in [-0.2, 0) is 29.5 Å². The Morgan fingerprint density at radius 2 is 1.19 bits per heavy atom. The summed E-state index contributed by atoms with van der Waals surface area (Å²) in [7, 11) is -3.96. The zero-order valence-corrected chi connectivity index (χ0v) is 25.2. The van der Waals surface area contributed by atoms with Crippen LogP contribution in [0.15, 0.2) is 114 Å². The summed E-state index contributed by atoms with van der Waals surface area (Å²) in [6.45, 7) is 5.29. The first-order valence-electron chi connectivity index (χ1n) is 14.3. The highest BCUT2D eigenvalue weighted by atomic mass is 32.2. The van der Waals surface area contributed by atoms with Gasteiger partial charge in [0.2, 0.25) is 10.0 Å². The summed E-state index contributed by atoms with van der Waals surface area (Å²) in [6, 6.07) is 34.3. The number of hydrogen-bond donors (Lipinski definition) is 3. The number of benzene rings is 4. The predicted molar refractivity (Wildman–Crippen MR) is 171 cm³/mol. The number of sulfonamides is 1. The van der Waals surface area contributed by atoms with Crippen LogP contribution in [0.4, 0.5) is 11.4 Å². The van der Waals surface area contributed by atoms with Crippen molar-refractivity contribution < 1.29 is 13.5 Å². The van der Waals surface area contributed by atoms with Crippen LogP contribution >= 0.6 is 0 Å². The minimum Gasteiger partial charge on any atom is -0.397 e. The Labute approximate surface area is 250 Å². The molecule has 222 valence electrons. The summed E-state index contributed by atoms with van der Waals surface area (Å²) < 4.78 is 29.2. The van der Waals surface area contributed by atoms with Gasteiger partial charge in [0.25, 0.3) is 0 Å². The van der Waals surface area contributed by atoms with Gasteiger partial charge in [0.1, 0.15) is 0 Å². The number of nitrogens with two attached hydrogens (primary N) is 2. The van der Waals surface area contributed by atoms with Crippen molar-refractivity contribution in [1.29, 1.82) is 0 Å². The summed E-state index contributed by atoms with van der Waals surface area (Å²) in [4.78, 5) is 2.32. The Balaban J connectivity index is 1.71. The second-order valence-corrected chi connectivity index (χ2v) is 13.1. The normalized spacial score (nSPS) is 13.5. The minimum atomic E-state index is -3.96. The average molecular weight is 587 g/mol. The zero-order chi connectivity index (χ0) is 30.1. The van der Waals surface area contributed by atoms with E-state index in [9.17, 15) is 13.5 Å². The van der Waals surface area contributed by atoms with E-state index in [4.69, 9.17) is 11.5 Å². The summed E-state index contributed by atoms with van der Waals surface area (Å²) in [5, 5.41) is 12.0. The summed E-state index contributed by atoms with van der Waals surface area (Å²) in [5.74, 6) is 0.0374. The molecule has 0 bridgehead atoms. The van der Waals surface area contributed by atoms with E-state index in [0.717, 1.165) is 16.7 Å². The molecule has 0 spiro atoms. The number of nitrogen functional groups attached to an aromatic ring is 2. The Hall–Kier alpha value is -3.69. The molecule has 42 heavy (non-hydrogen) atoms. The lowest BCUT2D eigenvalue weighted by molar-refractivity contribution is 0.0273. The monoisotopic (exact) mass is 586 g/mol. The molecule has 0 saturated heterocycles. The first-order valence-corrected chi connectivity index (χ1v) is 15.8. The Bertz CT molecular complexity index is 1460. The van der Waals surface area contributed by atoms with Crippen molar-refractivity contribution in [3.8, 4) is 0 Å². The lowest BCUT2D eigenvalue weighted by Gasteiger charge is -2.37. The standard InChI is InChI=1S/C34H42N4O3S/c1-26(2)22-38(42(40,41)30-18-19-31(35)32(36)21-30)25-34(39)33(20-27-12-6-3-7-13-27)37(23-28-14-8-4-9-15-28)24-29-16-10-5-11-17-29/h3-19,21,26,33-34,39H,20,22-25,35-36H2,1-2H3/t33-,34+/m0/s1. The lowest BCUT2D eigenvalue weighted by Crippen LogP contribution is -2.50. The fourth-order valence-electron chi connectivity index (χ4n) is 5.16. The van der Waals surface area contributed by atoms with E-state index in [1.165, 1.54) is 22.5 Å². The maximum absolute atomic E-state index is 13.9. The van der Waals surface area contributed by atoms with Gasteiger partial charge < -0.3 is 16.6 Å². The Kier molecular flexibility index (Phi) is 10.8. The largest absolute Gasteiger partial charge is 0.397 e. The molecule has 0 aliphatic heterocycles. The summed E-state index contributed by atoms with van der Waals surface area (Å²) in [6.07, 6.45) is -0.441. The molecule has 0 amide bonds. The number of hydrogen-bond acceptors (Lipinski definition) is 6. The Morgan fingerprint density at radius 3 is 1.67 bits per heavy atom. The maximum Gasteiger partial charge on any atom is 0.243 e. The first kappa shape index (κ1) is 31.3. The van der Waals surface area contributed by atoms with Crippen LogP contribution in [-0.4, -0.2) is 48.0 Å². The van der Waals surface area contributed by atoms with Crippen molar-refractivity contribution in [3.63, 3.8) is 0 Å². The van der Waals surface area contributed by atoms with Crippen molar-refractivity contribution in [2.75, 3.05) is 24.6 Å². The molecular formula is C34H42N4O3S. The molecule has 7 nitrogen and oxygen atoms in total. The van der Waals surface area contributed by atoms with Crippen LogP contribution < -0.4 is 11.5 Å². The quantitative estimate of drug-likeness (QED) is 0.176. The minimum absolute atomic E-state index is 0.0374. The fourth-order valence-corrected chi connectivity index (χ4v) is 6.82. The predicted octanol–water partition coefficient (Wildman–Crippen LogP) is 5.17. The SMILES string of the molecule is CC(C)CN(C[C@@H](O)[C@H](Cc1ccccc1)N(Cc1ccccc1)Cc1ccccc1)S(=O)(=O)c1ccc(N)c(N)c1. The van der Waals surface area contributed by atoms with Gasteiger partial charge in [-0.15, -0.1) is 0 Å². The lowest BCUT2D eigenvalue weighted by atomic mass is 9.97. The van der Waals surface area contributed by atoms with E-state index < -0.39 is 16.1 Å². The highest BCUT2D eigenvalue weighted by Gasteiger charge is 2.33. The summed E-state index contributed by atoms with van der Waals surface area (Å²) >= 11 is 0.